The minimum atomic E-state index is -0.200. The second-order valence-electron chi connectivity index (χ2n) is 8.28. The monoisotopic (exact) mass is 453 g/mol. The molecule has 2 fully saturated rings. The Morgan fingerprint density at radius 3 is 2.72 bits per heavy atom. The maximum atomic E-state index is 13.3. The van der Waals surface area contributed by atoms with Gasteiger partial charge in [-0.15, -0.1) is 11.3 Å². The lowest BCUT2D eigenvalue weighted by molar-refractivity contribution is -0.129. The Labute approximate surface area is 189 Å². The molecule has 1 unspecified atom stereocenters. The van der Waals surface area contributed by atoms with Crippen LogP contribution in [-0.2, 0) is 4.79 Å². The fraction of sp³-hybridized carbons (Fsp3) is 0.455. The van der Waals surface area contributed by atoms with Crippen molar-refractivity contribution in [2.75, 3.05) is 49.5 Å². The number of piperidine rings is 1. The van der Waals surface area contributed by atoms with Crippen LogP contribution in [0.15, 0.2) is 29.1 Å². The standard InChI is InChI=1S/C22H27N7O2S/c1-14(30)28-9-11-29(12-10-28)22-26-19(24-15-5-4-8-23-13-15)18(20(31)27-22)21-25-16-6-2-3-7-17(16)32-21/h2-3,6-7,15,23H,4-5,8-13H2,1H3,(H2,24,26,27,31). The first kappa shape index (κ1) is 20.9. The summed E-state index contributed by atoms with van der Waals surface area (Å²) in [6.45, 7) is 5.93. The van der Waals surface area contributed by atoms with Gasteiger partial charge in [0.1, 0.15) is 16.4 Å². The zero-order chi connectivity index (χ0) is 22.1. The number of rotatable bonds is 4. The van der Waals surface area contributed by atoms with Crippen LogP contribution in [0.5, 0.6) is 0 Å². The summed E-state index contributed by atoms with van der Waals surface area (Å²) in [5.41, 5.74) is 1.17. The van der Waals surface area contributed by atoms with E-state index >= 15 is 0 Å². The number of nitrogens with zero attached hydrogens (tertiary/aromatic N) is 4. The van der Waals surface area contributed by atoms with E-state index in [4.69, 9.17) is 9.97 Å². The molecule has 1 aromatic carbocycles. The zero-order valence-electron chi connectivity index (χ0n) is 18.1. The number of H-pyrrole nitrogens is 1. The van der Waals surface area contributed by atoms with Crippen LogP contribution in [0.4, 0.5) is 11.8 Å². The molecule has 0 spiro atoms. The van der Waals surface area contributed by atoms with Crippen LogP contribution < -0.4 is 21.1 Å². The summed E-state index contributed by atoms with van der Waals surface area (Å²) in [6.07, 6.45) is 2.10. The maximum absolute atomic E-state index is 13.3. The van der Waals surface area contributed by atoms with Gasteiger partial charge in [0.2, 0.25) is 11.9 Å². The lowest BCUT2D eigenvalue weighted by atomic mass is 10.1. The number of thiazole rings is 1. The highest BCUT2D eigenvalue weighted by molar-refractivity contribution is 7.21. The number of aromatic nitrogens is 3. The largest absolute Gasteiger partial charge is 0.365 e. The molecular formula is C22H27N7O2S. The predicted molar refractivity (Wildman–Crippen MR) is 127 cm³/mol. The van der Waals surface area contributed by atoms with Crippen molar-refractivity contribution in [2.24, 2.45) is 0 Å². The Hall–Kier alpha value is -2.98. The number of anilines is 2. The first-order chi connectivity index (χ1) is 15.6. The van der Waals surface area contributed by atoms with Crippen molar-refractivity contribution >= 4 is 39.2 Å². The number of aromatic amines is 1. The van der Waals surface area contributed by atoms with Gasteiger partial charge < -0.3 is 20.4 Å². The van der Waals surface area contributed by atoms with E-state index < -0.39 is 0 Å². The number of fused-ring (bicyclic) bond motifs is 1. The van der Waals surface area contributed by atoms with Gasteiger partial charge in [0.05, 0.1) is 10.2 Å². The van der Waals surface area contributed by atoms with Crippen LogP contribution in [0.2, 0.25) is 0 Å². The molecule has 4 heterocycles. The van der Waals surface area contributed by atoms with Gasteiger partial charge in [0.15, 0.2) is 0 Å². The third kappa shape index (κ3) is 4.20. The molecule has 1 atom stereocenters. The molecule has 2 aliphatic rings. The topological polar surface area (TPSA) is 106 Å². The van der Waals surface area contributed by atoms with Crippen molar-refractivity contribution in [3.05, 3.63) is 34.6 Å². The van der Waals surface area contributed by atoms with E-state index in [1.54, 1.807) is 6.92 Å². The van der Waals surface area contributed by atoms with Crippen LogP contribution >= 0.6 is 11.3 Å². The molecule has 1 amide bonds. The molecule has 2 aromatic heterocycles. The summed E-state index contributed by atoms with van der Waals surface area (Å²) >= 11 is 1.50. The quantitative estimate of drug-likeness (QED) is 0.554. The van der Waals surface area contributed by atoms with Crippen molar-refractivity contribution < 1.29 is 4.79 Å². The van der Waals surface area contributed by atoms with Gasteiger partial charge in [-0.05, 0) is 31.5 Å². The number of para-hydroxylation sites is 1. The average molecular weight is 454 g/mol. The second-order valence-corrected chi connectivity index (χ2v) is 9.31. The minimum absolute atomic E-state index is 0.0736. The summed E-state index contributed by atoms with van der Waals surface area (Å²) in [6, 6.07) is 8.10. The molecule has 0 aliphatic carbocycles. The summed E-state index contributed by atoms with van der Waals surface area (Å²) in [7, 11) is 0. The third-order valence-electron chi connectivity index (χ3n) is 6.08. The van der Waals surface area contributed by atoms with E-state index in [2.05, 4.69) is 15.6 Å². The normalized spacial score (nSPS) is 19.3. The molecule has 2 saturated heterocycles. The molecule has 0 radical (unpaired) electrons. The SMILES string of the molecule is CC(=O)N1CCN(c2nc(NC3CCCNC3)c(-c3nc4ccccc4s3)c(=O)[nH]2)CC1. The van der Waals surface area contributed by atoms with Crippen molar-refractivity contribution in [2.45, 2.75) is 25.8 Å². The van der Waals surface area contributed by atoms with Gasteiger partial charge in [-0.25, -0.2) is 4.98 Å². The highest BCUT2D eigenvalue weighted by Gasteiger charge is 2.25. The number of benzene rings is 1. The van der Waals surface area contributed by atoms with E-state index in [1.807, 2.05) is 34.1 Å². The number of hydrogen-bond acceptors (Lipinski definition) is 8. The predicted octanol–water partition coefficient (Wildman–Crippen LogP) is 1.88. The molecule has 3 N–H and O–H groups in total. The molecule has 0 bridgehead atoms. The molecule has 10 heteroatoms. The highest BCUT2D eigenvalue weighted by atomic mass is 32.1. The summed E-state index contributed by atoms with van der Waals surface area (Å²) in [5, 5.41) is 7.59. The van der Waals surface area contributed by atoms with Crippen LogP contribution in [0.1, 0.15) is 19.8 Å². The molecule has 0 saturated carbocycles. The van der Waals surface area contributed by atoms with Crippen molar-refractivity contribution in [1.82, 2.24) is 25.2 Å². The zero-order valence-corrected chi connectivity index (χ0v) is 18.9. The van der Waals surface area contributed by atoms with Gasteiger partial charge in [0.25, 0.3) is 5.56 Å². The number of carbonyl (C=O) groups excluding carboxylic acids is 1. The van der Waals surface area contributed by atoms with Gasteiger partial charge in [-0.3, -0.25) is 14.6 Å². The number of hydrogen-bond donors (Lipinski definition) is 3. The summed E-state index contributed by atoms with van der Waals surface area (Å²) in [5.74, 6) is 1.18. The Morgan fingerprint density at radius 1 is 1.19 bits per heavy atom. The smallest absolute Gasteiger partial charge is 0.264 e. The van der Waals surface area contributed by atoms with Crippen LogP contribution in [0.25, 0.3) is 20.8 Å². The molecule has 9 nitrogen and oxygen atoms in total. The lowest BCUT2D eigenvalue weighted by Gasteiger charge is -2.34. The Morgan fingerprint density at radius 2 is 2.00 bits per heavy atom. The fourth-order valence-electron chi connectivity index (χ4n) is 4.29. The molecule has 32 heavy (non-hydrogen) atoms. The fourth-order valence-corrected chi connectivity index (χ4v) is 5.30. The van der Waals surface area contributed by atoms with E-state index in [0.29, 0.717) is 48.5 Å². The molecule has 2 aliphatic heterocycles. The van der Waals surface area contributed by atoms with E-state index in [0.717, 1.165) is 36.1 Å². The molecule has 5 rings (SSSR count). The number of piperazine rings is 1. The van der Waals surface area contributed by atoms with E-state index in [9.17, 15) is 9.59 Å². The van der Waals surface area contributed by atoms with Gasteiger partial charge in [0, 0.05) is 45.7 Å². The van der Waals surface area contributed by atoms with Gasteiger partial charge >= 0.3 is 0 Å². The Kier molecular flexibility index (Phi) is 5.79. The first-order valence-corrected chi connectivity index (χ1v) is 11.9. The van der Waals surface area contributed by atoms with Gasteiger partial charge in [-0.1, -0.05) is 12.1 Å². The van der Waals surface area contributed by atoms with Crippen molar-refractivity contribution in [3.63, 3.8) is 0 Å². The van der Waals surface area contributed by atoms with Crippen LogP contribution in [-0.4, -0.2) is 71.1 Å². The van der Waals surface area contributed by atoms with Crippen molar-refractivity contribution in [3.8, 4) is 10.6 Å². The summed E-state index contributed by atoms with van der Waals surface area (Å²) in [4.78, 5) is 41.4. The Bertz CT molecular complexity index is 1140. The van der Waals surface area contributed by atoms with Crippen molar-refractivity contribution in [1.29, 1.82) is 0 Å². The van der Waals surface area contributed by atoms with E-state index in [-0.39, 0.29) is 17.5 Å². The molecular weight excluding hydrogens is 426 g/mol. The van der Waals surface area contributed by atoms with Gasteiger partial charge in [-0.2, -0.15) is 4.98 Å². The second kappa shape index (κ2) is 8.87. The lowest BCUT2D eigenvalue weighted by Crippen LogP contribution is -2.49. The highest BCUT2D eigenvalue weighted by Crippen LogP contribution is 2.32. The average Bonchev–Trinajstić information content (AvgIpc) is 3.23. The molecule has 168 valence electrons. The van der Waals surface area contributed by atoms with Crippen LogP contribution in [0.3, 0.4) is 0 Å². The molecule has 3 aromatic rings. The minimum Gasteiger partial charge on any atom is -0.365 e. The maximum Gasteiger partial charge on any atom is 0.264 e. The number of amides is 1. The first-order valence-electron chi connectivity index (χ1n) is 11.1. The number of carbonyl (C=O) groups is 1. The van der Waals surface area contributed by atoms with Crippen LogP contribution in [0, 0.1) is 0 Å². The third-order valence-corrected chi connectivity index (χ3v) is 7.13. The van der Waals surface area contributed by atoms with E-state index in [1.165, 1.54) is 11.3 Å². The number of nitrogens with one attached hydrogen (secondary N) is 3. The summed E-state index contributed by atoms with van der Waals surface area (Å²) < 4.78 is 1.04. The Balaban J connectivity index is 1.52.